The Labute approximate surface area is 69.6 Å². The number of nitrogens with one attached hydrogen (secondary N) is 1. The molecule has 1 atom stereocenters. The van der Waals surface area contributed by atoms with Crippen LogP contribution in [0, 0.1) is 0 Å². The molecule has 1 aliphatic rings. The molecule has 0 bridgehead atoms. The summed E-state index contributed by atoms with van der Waals surface area (Å²) in [5.74, 6) is 0.684. The molecule has 1 aliphatic heterocycles. The number of aromatic amines is 1. The quantitative estimate of drug-likeness (QED) is 0.579. The topological polar surface area (TPSA) is 77.9 Å². The van der Waals surface area contributed by atoms with Crippen LogP contribution in [0.3, 0.4) is 0 Å². The fourth-order valence-electron chi connectivity index (χ4n) is 1.41. The first-order chi connectivity index (χ1) is 5.84. The summed E-state index contributed by atoms with van der Waals surface area (Å²) in [5, 5.41) is 22.7. The Balaban J connectivity index is 1.88. The maximum absolute atomic E-state index is 9.22. The van der Waals surface area contributed by atoms with Gasteiger partial charge in [0.1, 0.15) is 0 Å². The van der Waals surface area contributed by atoms with E-state index in [4.69, 9.17) is 0 Å². The lowest BCUT2D eigenvalue weighted by molar-refractivity contribution is 0.174. The van der Waals surface area contributed by atoms with E-state index in [-0.39, 0.29) is 6.10 Å². The van der Waals surface area contributed by atoms with Crippen LogP contribution in [0.4, 0.5) is 0 Å². The highest BCUT2D eigenvalue weighted by Gasteiger charge is 2.20. The summed E-state index contributed by atoms with van der Waals surface area (Å²) in [6, 6.07) is 0. The van der Waals surface area contributed by atoms with Crippen molar-refractivity contribution in [2.75, 3.05) is 13.1 Å². The highest BCUT2D eigenvalue weighted by atomic mass is 16.3. The van der Waals surface area contributed by atoms with Gasteiger partial charge in [-0.25, -0.2) is 0 Å². The molecule has 0 aromatic carbocycles. The first kappa shape index (κ1) is 7.63. The third-order valence-electron chi connectivity index (χ3n) is 2.00. The zero-order chi connectivity index (χ0) is 8.39. The number of aromatic nitrogens is 4. The second-order valence-corrected chi connectivity index (χ2v) is 3.01. The van der Waals surface area contributed by atoms with Crippen LogP contribution in [0.15, 0.2) is 0 Å². The molecule has 1 aromatic heterocycles. The molecule has 0 aliphatic carbocycles. The van der Waals surface area contributed by atoms with Crippen molar-refractivity contribution in [1.82, 2.24) is 25.5 Å². The molecular formula is C6H11N5O. The van der Waals surface area contributed by atoms with Gasteiger partial charge < -0.3 is 5.11 Å². The van der Waals surface area contributed by atoms with Crippen molar-refractivity contribution >= 4 is 0 Å². The summed E-state index contributed by atoms with van der Waals surface area (Å²) >= 11 is 0. The van der Waals surface area contributed by atoms with E-state index in [0.29, 0.717) is 18.9 Å². The van der Waals surface area contributed by atoms with Gasteiger partial charge in [0.2, 0.25) is 0 Å². The average molecular weight is 169 g/mol. The number of aliphatic hydroxyl groups excluding tert-OH is 1. The Morgan fingerprint density at radius 2 is 2.58 bits per heavy atom. The average Bonchev–Trinajstić information content (AvgIpc) is 2.63. The van der Waals surface area contributed by atoms with Gasteiger partial charge in [-0.2, -0.15) is 5.21 Å². The van der Waals surface area contributed by atoms with Crippen LogP contribution in [0.1, 0.15) is 12.2 Å². The molecule has 0 unspecified atom stereocenters. The minimum Gasteiger partial charge on any atom is -0.392 e. The second-order valence-electron chi connectivity index (χ2n) is 3.01. The SMILES string of the molecule is O[C@H]1CCN(Cc2nn[nH]n2)C1. The van der Waals surface area contributed by atoms with Crippen molar-refractivity contribution in [3.63, 3.8) is 0 Å². The van der Waals surface area contributed by atoms with E-state index < -0.39 is 0 Å². The zero-order valence-electron chi connectivity index (χ0n) is 6.64. The van der Waals surface area contributed by atoms with Crippen LogP contribution in [-0.2, 0) is 6.54 Å². The standard InChI is InChI=1S/C6H11N5O/c12-5-1-2-11(3-5)4-6-7-9-10-8-6/h5,12H,1-4H2,(H,7,8,9,10)/t5-/m0/s1. The van der Waals surface area contributed by atoms with Gasteiger partial charge in [-0.15, -0.1) is 10.2 Å². The lowest BCUT2D eigenvalue weighted by Gasteiger charge is -2.10. The summed E-state index contributed by atoms with van der Waals surface area (Å²) in [4.78, 5) is 2.11. The van der Waals surface area contributed by atoms with Gasteiger partial charge in [0, 0.05) is 13.1 Å². The summed E-state index contributed by atoms with van der Waals surface area (Å²) in [7, 11) is 0. The summed E-state index contributed by atoms with van der Waals surface area (Å²) in [6.45, 7) is 2.30. The normalized spacial score (nSPS) is 24.9. The van der Waals surface area contributed by atoms with Crippen molar-refractivity contribution in [2.24, 2.45) is 0 Å². The molecule has 1 fully saturated rings. The van der Waals surface area contributed by atoms with E-state index in [1.165, 1.54) is 0 Å². The molecule has 66 valence electrons. The van der Waals surface area contributed by atoms with Crippen LogP contribution >= 0.6 is 0 Å². The maximum Gasteiger partial charge on any atom is 0.188 e. The minimum atomic E-state index is -0.183. The molecule has 0 radical (unpaired) electrons. The smallest absolute Gasteiger partial charge is 0.188 e. The van der Waals surface area contributed by atoms with Gasteiger partial charge in [-0.05, 0) is 6.42 Å². The summed E-state index contributed by atoms with van der Waals surface area (Å²) in [6.07, 6.45) is 0.662. The van der Waals surface area contributed by atoms with Crippen molar-refractivity contribution in [3.05, 3.63) is 5.82 Å². The summed E-state index contributed by atoms with van der Waals surface area (Å²) < 4.78 is 0. The van der Waals surface area contributed by atoms with Gasteiger partial charge in [0.25, 0.3) is 0 Å². The van der Waals surface area contributed by atoms with E-state index in [9.17, 15) is 5.11 Å². The summed E-state index contributed by atoms with van der Waals surface area (Å²) in [5.41, 5.74) is 0. The second kappa shape index (κ2) is 3.16. The van der Waals surface area contributed by atoms with Crippen LogP contribution in [0.25, 0.3) is 0 Å². The Bertz CT molecular complexity index is 236. The number of β-amino-alcohol motifs (C(OH)–C–C–N with tert-alkyl or cyclic N) is 1. The molecule has 1 aromatic rings. The predicted molar refractivity (Wildman–Crippen MR) is 40.1 cm³/mol. The van der Waals surface area contributed by atoms with Gasteiger partial charge in [-0.1, -0.05) is 5.21 Å². The van der Waals surface area contributed by atoms with E-state index >= 15 is 0 Å². The van der Waals surface area contributed by atoms with E-state index in [2.05, 4.69) is 25.5 Å². The van der Waals surface area contributed by atoms with Gasteiger partial charge in [0.15, 0.2) is 5.82 Å². The van der Waals surface area contributed by atoms with Gasteiger partial charge in [0.05, 0.1) is 12.6 Å². The number of likely N-dealkylation sites (tertiary alicyclic amines) is 1. The fourth-order valence-corrected chi connectivity index (χ4v) is 1.41. The minimum absolute atomic E-state index is 0.183. The Hall–Kier alpha value is -1.01. The van der Waals surface area contributed by atoms with E-state index in [1.807, 2.05) is 0 Å². The van der Waals surface area contributed by atoms with Crippen molar-refractivity contribution in [3.8, 4) is 0 Å². The molecule has 6 heteroatoms. The highest BCUT2D eigenvalue weighted by molar-refractivity contribution is 4.81. The third-order valence-corrected chi connectivity index (χ3v) is 2.00. The zero-order valence-corrected chi connectivity index (χ0v) is 6.64. The molecule has 12 heavy (non-hydrogen) atoms. The first-order valence-corrected chi connectivity index (χ1v) is 3.97. The van der Waals surface area contributed by atoms with E-state index in [1.54, 1.807) is 0 Å². The van der Waals surface area contributed by atoms with Crippen LogP contribution in [0.5, 0.6) is 0 Å². The largest absolute Gasteiger partial charge is 0.392 e. The third kappa shape index (κ3) is 1.59. The molecule has 2 heterocycles. The maximum atomic E-state index is 9.22. The van der Waals surface area contributed by atoms with Gasteiger partial charge >= 0.3 is 0 Å². The number of H-pyrrole nitrogens is 1. The first-order valence-electron chi connectivity index (χ1n) is 3.97. The number of tetrazole rings is 1. The number of hydrogen-bond acceptors (Lipinski definition) is 5. The van der Waals surface area contributed by atoms with Gasteiger partial charge in [-0.3, -0.25) is 4.90 Å². The van der Waals surface area contributed by atoms with Crippen LogP contribution in [0.2, 0.25) is 0 Å². The molecule has 2 rings (SSSR count). The number of rotatable bonds is 2. The van der Waals surface area contributed by atoms with Crippen molar-refractivity contribution in [1.29, 1.82) is 0 Å². The lowest BCUT2D eigenvalue weighted by Crippen LogP contribution is -2.22. The molecule has 0 spiro atoms. The molecule has 6 nitrogen and oxygen atoms in total. The van der Waals surface area contributed by atoms with Crippen molar-refractivity contribution < 1.29 is 5.11 Å². The molecule has 0 amide bonds. The Morgan fingerprint density at radius 1 is 1.67 bits per heavy atom. The number of hydrogen-bond donors (Lipinski definition) is 2. The molecular weight excluding hydrogens is 158 g/mol. The Morgan fingerprint density at radius 3 is 3.17 bits per heavy atom. The fraction of sp³-hybridized carbons (Fsp3) is 0.833. The number of nitrogens with zero attached hydrogens (tertiary/aromatic N) is 4. The van der Waals surface area contributed by atoms with Crippen LogP contribution < -0.4 is 0 Å². The number of aliphatic hydroxyl groups is 1. The Kier molecular flexibility index (Phi) is 2.01. The predicted octanol–water partition coefficient (Wildman–Crippen LogP) is -1.23. The van der Waals surface area contributed by atoms with E-state index in [0.717, 1.165) is 13.0 Å². The highest BCUT2D eigenvalue weighted by Crippen LogP contribution is 2.10. The monoisotopic (exact) mass is 169 g/mol. The lowest BCUT2D eigenvalue weighted by atomic mass is 10.3. The molecule has 1 saturated heterocycles. The van der Waals surface area contributed by atoms with Crippen LogP contribution in [-0.4, -0.2) is 49.8 Å². The molecule has 0 saturated carbocycles. The van der Waals surface area contributed by atoms with Crippen molar-refractivity contribution in [2.45, 2.75) is 19.1 Å². The molecule has 2 N–H and O–H groups in total.